The van der Waals surface area contributed by atoms with Gasteiger partial charge in [0.25, 0.3) is 0 Å². The smallest absolute Gasteiger partial charge is 0.309 e. The predicted octanol–water partition coefficient (Wildman–Crippen LogP) is 23.9. The van der Waals surface area contributed by atoms with Crippen LogP contribution in [0.15, 0.2) is 146 Å². The fourth-order valence-electron chi connectivity index (χ4n) is 9.28. The van der Waals surface area contributed by atoms with Crippen LogP contribution in [0.25, 0.3) is 0 Å². The molecule has 6 nitrogen and oxygen atoms in total. The van der Waals surface area contributed by atoms with Gasteiger partial charge in [0.2, 0.25) is 0 Å². The van der Waals surface area contributed by atoms with Crippen molar-refractivity contribution in [1.82, 2.24) is 0 Å². The van der Waals surface area contributed by atoms with Crippen molar-refractivity contribution in [3.63, 3.8) is 0 Å². The van der Waals surface area contributed by atoms with E-state index in [1.165, 1.54) is 141 Å². The van der Waals surface area contributed by atoms with E-state index in [1.807, 2.05) is 6.08 Å². The molecule has 0 N–H and O–H groups in total. The van der Waals surface area contributed by atoms with Crippen LogP contribution in [-0.2, 0) is 28.6 Å². The van der Waals surface area contributed by atoms with Gasteiger partial charge in [-0.3, -0.25) is 14.4 Å². The van der Waals surface area contributed by atoms with Crippen LogP contribution in [0.1, 0.15) is 303 Å². The molecule has 0 spiro atoms. The second kappa shape index (κ2) is 69.8. The van der Waals surface area contributed by atoms with Gasteiger partial charge < -0.3 is 14.2 Å². The third kappa shape index (κ3) is 68.0. The Morgan fingerprint density at radius 1 is 0.265 bits per heavy atom. The summed E-state index contributed by atoms with van der Waals surface area (Å²) >= 11 is 0. The van der Waals surface area contributed by atoms with Crippen molar-refractivity contribution < 1.29 is 28.6 Å². The fraction of sp³-hybridized carbons (Fsp3) is 0.649. The summed E-state index contributed by atoms with van der Waals surface area (Å²) in [6.07, 6.45) is 100. The molecule has 0 saturated heterocycles. The van der Waals surface area contributed by atoms with Crippen molar-refractivity contribution in [2.45, 2.75) is 309 Å². The van der Waals surface area contributed by atoms with Gasteiger partial charge in [0.15, 0.2) is 6.10 Å². The zero-order valence-electron chi connectivity index (χ0n) is 53.9. The maximum atomic E-state index is 12.9. The number of carbonyl (C=O) groups is 3. The summed E-state index contributed by atoms with van der Waals surface area (Å²) in [6.45, 7) is 6.30. The van der Waals surface area contributed by atoms with Gasteiger partial charge in [-0.05, 0) is 122 Å². The molecule has 0 radical (unpaired) electrons. The molecule has 0 aliphatic heterocycles. The molecule has 0 fully saturated rings. The van der Waals surface area contributed by atoms with Crippen LogP contribution in [0.5, 0.6) is 0 Å². The van der Waals surface area contributed by atoms with Gasteiger partial charge in [-0.2, -0.15) is 0 Å². The van der Waals surface area contributed by atoms with Crippen LogP contribution < -0.4 is 0 Å². The lowest BCUT2D eigenvalue weighted by atomic mass is 10.0. The highest BCUT2D eigenvalue weighted by molar-refractivity contribution is 5.72. The Labute approximate surface area is 512 Å². The third-order valence-corrected chi connectivity index (χ3v) is 14.3. The molecule has 0 rings (SSSR count). The molecule has 0 heterocycles. The topological polar surface area (TPSA) is 78.9 Å². The molecule has 0 aromatic rings. The Morgan fingerprint density at radius 3 is 0.843 bits per heavy atom. The number of hydrogen-bond acceptors (Lipinski definition) is 6. The average Bonchev–Trinajstić information content (AvgIpc) is 3.50. The molecule has 0 amide bonds. The Hall–Kier alpha value is -4.71. The highest BCUT2D eigenvalue weighted by Crippen LogP contribution is 2.16. The Bertz CT molecular complexity index is 1800. The van der Waals surface area contributed by atoms with Crippen molar-refractivity contribution in [1.29, 1.82) is 0 Å². The van der Waals surface area contributed by atoms with E-state index in [9.17, 15) is 14.4 Å². The fourth-order valence-corrected chi connectivity index (χ4v) is 9.28. The zero-order valence-corrected chi connectivity index (χ0v) is 53.9. The molecular weight excluding hydrogens is 1020 g/mol. The summed E-state index contributed by atoms with van der Waals surface area (Å²) in [5, 5.41) is 0. The molecule has 0 saturated carbocycles. The molecule has 1 atom stereocenters. The summed E-state index contributed by atoms with van der Waals surface area (Å²) in [4.78, 5) is 38.3. The van der Waals surface area contributed by atoms with Crippen molar-refractivity contribution in [3.8, 4) is 0 Å². The maximum Gasteiger partial charge on any atom is 0.309 e. The summed E-state index contributed by atoms with van der Waals surface area (Å²) in [6, 6.07) is 0. The molecular formula is C77H126O6. The number of hydrogen-bond donors (Lipinski definition) is 0. The van der Waals surface area contributed by atoms with Gasteiger partial charge in [-0.15, -0.1) is 0 Å². The minimum absolute atomic E-state index is 0.116. The monoisotopic (exact) mass is 1150 g/mol. The van der Waals surface area contributed by atoms with Crippen molar-refractivity contribution in [2.75, 3.05) is 13.2 Å². The van der Waals surface area contributed by atoms with E-state index in [2.05, 4.69) is 154 Å². The molecule has 0 aromatic heterocycles. The normalized spacial score (nSPS) is 13.0. The van der Waals surface area contributed by atoms with Crippen molar-refractivity contribution in [3.05, 3.63) is 146 Å². The Balaban J connectivity index is 4.33. The molecule has 83 heavy (non-hydrogen) atoms. The molecule has 0 aliphatic rings. The maximum absolute atomic E-state index is 12.9. The standard InChI is InChI=1S/C77H126O6/c1-4-7-10-13-16-19-22-25-28-30-32-33-34-35-36-37-38-39-40-41-42-43-45-46-49-52-55-58-61-64-67-70-76(79)82-73-74(72-81-75(78)69-66-63-60-57-54-51-48-27-24-21-18-15-12-9-6-3)83-77(80)71-68-65-62-59-56-53-50-47-44-31-29-26-23-20-17-14-11-8-5-2/h7,9-10,12,16-21,25-29,32-33,44,47-48,54,57,63,66,74H,4-6,8,11,13-15,22-24,30-31,34-43,45-46,49-53,55-56,58-62,64-65,67-73H2,1-3H3/b10-7-,12-9-,19-16-,20-17-,21-18-,28-25-,29-26-,33-32-,47-44-,48-27-,57-54-,66-63-. The first-order valence-corrected chi connectivity index (χ1v) is 34.3. The van der Waals surface area contributed by atoms with Crippen LogP contribution in [0.2, 0.25) is 0 Å². The van der Waals surface area contributed by atoms with Gasteiger partial charge >= 0.3 is 17.9 Å². The quantitative estimate of drug-likeness (QED) is 0.0261. The first kappa shape index (κ1) is 78.3. The SMILES string of the molecule is CC/C=C\C/C=C\C/C=C\C/C=C\C/C=C\CC(=O)OCC(COC(=O)CCCCCCCCCCCCCCCCCCCC/C=C\C/C=C\C/C=C\C/C=C\CC)OC(=O)CCCCCCCC/C=C\C/C=C\C/C=C\CCCCC. The van der Waals surface area contributed by atoms with Crippen LogP contribution in [-0.4, -0.2) is 37.2 Å². The van der Waals surface area contributed by atoms with Crippen LogP contribution in [0.4, 0.5) is 0 Å². The molecule has 0 bridgehead atoms. The summed E-state index contributed by atoms with van der Waals surface area (Å²) in [5.74, 6) is -1.06. The minimum Gasteiger partial charge on any atom is -0.462 e. The first-order chi connectivity index (χ1) is 41.0. The van der Waals surface area contributed by atoms with Crippen LogP contribution in [0, 0.1) is 0 Å². The summed E-state index contributed by atoms with van der Waals surface area (Å²) < 4.78 is 16.8. The number of rotatable bonds is 61. The number of ether oxygens (including phenoxy) is 3. The largest absolute Gasteiger partial charge is 0.462 e. The van der Waals surface area contributed by atoms with Gasteiger partial charge in [0, 0.05) is 12.8 Å². The molecule has 0 aromatic carbocycles. The lowest BCUT2D eigenvalue weighted by Gasteiger charge is -2.18. The summed E-state index contributed by atoms with van der Waals surface area (Å²) in [7, 11) is 0. The van der Waals surface area contributed by atoms with E-state index in [-0.39, 0.29) is 31.6 Å². The van der Waals surface area contributed by atoms with Gasteiger partial charge in [0.1, 0.15) is 13.2 Å². The zero-order chi connectivity index (χ0) is 59.9. The van der Waals surface area contributed by atoms with Gasteiger partial charge in [-0.1, -0.05) is 308 Å². The van der Waals surface area contributed by atoms with E-state index < -0.39 is 12.1 Å². The second-order valence-electron chi connectivity index (χ2n) is 22.3. The van der Waals surface area contributed by atoms with Crippen molar-refractivity contribution >= 4 is 17.9 Å². The van der Waals surface area contributed by atoms with E-state index in [0.717, 1.165) is 122 Å². The Morgan fingerprint density at radius 2 is 0.518 bits per heavy atom. The van der Waals surface area contributed by atoms with Gasteiger partial charge in [0.05, 0.1) is 6.42 Å². The number of allylic oxidation sites excluding steroid dienone is 23. The highest BCUT2D eigenvalue weighted by atomic mass is 16.6. The van der Waals surface area contributed by atoms with E-state index >= 15 is 0 Å². The lowest BCUT2D eigenvalue weighted by molar-refractivity contribution is -0.166. The summed E-state index contributed by atoms with van der Waals surface area (Å²) in [5.41, 5.74) is 0. The first-order valence-electron chi connectivity index (χ1n) is 34.3. The van der Waals surface area contributed by atoms with Crippen molar-refractivity contribution in [2.24, 2.45) is 0 Å². The van der Waals surface area contributed by atoms with E-state index in [4.69, 9.17) is 14.2 Å². The molecule has 1 unspecified atom stereocenters. The number of esters is 3. The third-order valence-electron chi connectivity index (χ3n) is 14.3. The second-order valence-corrected chi connectivity index (χ2v) is 22.3. The van der Waals surface area contributed by atoms with E-state index in [0.29, 0.717) is 12.8 Å². The molecule has 470 valence electrons. The highest BCUT2D eigenvalue weighted by Gasteiger charge is 2.19. The number of carbonyl (C=O) groups excluding carboxylic acids is 3. The van der Waals surface area contributed by atoms with E-state index in [1.54, 1.807) is 6.08 Å². The predicted molar refractivity (Wildman–Crippen MR) is 362 cm³/mol. The number of unbranched alkanes of at least 4 members (excludes halogenated alkanes) is 27. The lowest BCUT2D eigenvalue weighted by Crippen LogP contribution is -2.30. The minimum atomic E-state index is -0.831. The molecule has 0 aliphatic carbocycles. The van der Waals surface area contributed by atoms with Crippen LogP contribution in [0.3, 0.4) is 0 Å². The molecule has 6 heteroatoms. The van der Waals surface area contributed by atoms with Gasteiger partial charge in [-0.25, -0.2) is 0 Å². The van der Waals surface area contributed by atoms with Crippen LogP contribution >= 0.6 is 0 Å². The Kier molecular flexibility index (Phi) is 65.8. The average molecular weight is 1150 g/mol.